The molecule has 0 radical (unpaired) electrons. The van der Waals surface area contributed by atoms with Crippen molar-refractivity contribution < 1.29 is 34.4 Å². The van der Waals surface area contributed by atoms with Crippen molar-refractivity contribution in [1.82, 2.24) is 14.9 Å². The number of ether oxygens (including phenoxy) is 2. The molecule has 3 aromatic carbocycles. The van der Waals surface area contributed by atoms with Gasteiger partial charge in [0.05, 0.1) is 25.3 Å². The number of imidazole rings is 1. The lowest BCUT2D eigenvalue weighted by molar-refractivity contribution is -0.139. The second-order valence-corrected chi connectivity index (χ2v) is 9.86. The standard InChI is InChI=1S/C30H31N3O7/c1-39-25-13-10-17(16-26(25)40-2)27(30(37)38)32-29(36)19-8-11-22-21(14-19)31-28(18-9-12-23(34)24(35)15-18)33(22)20-6-4-3-5-7-20/h8-16,20,27,34-35H,3-7H2,1-2H3,(H,32,36)(H,37,38). The summed E-state index contributed by atoms with van der Waals surface area (Å²) < 4.78 is 12.7. The molecule has 4 N–H and O–H groups in total. The van der Waals surface area contributed by atoms with E-state index in [1.807, 2.05) is 6.07 Å². The van der Waals surface area contributed by atoms with Gasteiger partial charge in [0.2, 0.25) is 0 Å². The molecule has 0 saturated heterocycles. The zero-order valence-electron chi connectivity index (χ0n) is 22.3. The molecule has 208 valence electrons. The van der Waals surface area contributed by atoms with Gasteiger partial charge in [0.15, 0.2) is 29.0 Å². The number of rotatable bonds is 8. The van der Waals surface area contributed by atoms with Crippen LogP contribution in [0.25, 0.3) is 22.4 Å². The van der Waals surface area contributed by atoms with E-state index in [1.54, 1.807) is 30.3 Å². The Morgan fingerprint density at radius 2 is 1.68 bits per heavy atom. The van der Waals surface area contributed by atoms with Crippen LogP contribution in [0, 0.1) is 0 Å². The number of carboxylic acid groups (broad SMARTS) is 1. The van der Waals surface area contributed by atoms with Crippen LogP contribution >= 0.6 is 0 Å². The molecule has 1 amide bonds. The Kier molecular flexibility index (Phi) is 7.50. The number of aromatic hydroxyl groups is 2. The second kappa shape index (κ2) is 11.2. The smallest absolute Gasteiger partial charge is 0.330 e. The van der Waals surface area contributed by atoms with Gasteiger partial charge in [-0.2, -0.15) is 0 Å². The number of methoxy groups -OCH3 is 2. The summed E-state index contributed by atoms with van der Waals surface area (Å²) in [6.07, 6.45) is 5.33. The number of aromatic nitrogens is 2. The molecule has 4 aromatic rings. The number of hydrogen-bond acceptors (Lipinski definition) is 7. The number of phenols is 2. The van der Waals surface area contributed by atoms with Gasteiger partial charge in [-0.3, -0.25) is 4.79 Å². The van der Waals surface area contributed by atoms with Crippen LogP contribution in [0.1, 0.15) is 60.1 Å². The van der Waals surface area contributed by atoms with Crippen LogP contribution in [-0.4, -0.2) is 51.0 Å². The normalized spacial score (nSPS) is 14.6. The lowest BCUT2D eigenvalue weighted by Crippen LogP contribution is -2.33. The number of benzene rings is 3. The van der Waals surface area contributed by atoms with Crippen molar-refractivity contribution >= 4 is 22.9 Å². The van der Waals surface area contributed by atoms with E-state index >= 15 is 0 Å². The molecular weight excluding hydrogens is 514 g/mol. The first-order valence-corrected chi connectivity index (χ1v) is 13.1. The molecular formula is C30H31N3O7. The maximum Gasteiger partial charge on any atom is 0.330 e. The largest absolute Gasteiger partial charge is 0.504 e. The van der Waals surface area contributed by atoms with E-state index in [0.717, 1.165) is 31.2 Å². The van der Waals surface area contributed by atoms with Gasteiger partial charge < -0.3 is 34.7 Å². The average molecular weight is 546 g/mol. The fraction of sp³-hybridized carbons (Fsp3) is 0.300. The summed E-state index contributed by atoms with van der Waals surface area (Å²) in [5, 5.41) is 32.5. The molecule has 1 aromatic heterocycles. The Hall–Kier alpha value is -4.73. The molecule has 0 aliphatic heterocycles. The Morgan fingerprint density at radius 3 is 2.35 bits per heavy atom. The van der Waals surface area contributed by atoms with E-state index in [-0.39, 0.29) is 23.1 Å². The highest BCUT2D eigenvalue weighted by Gasteiger charge is 2.26. The number of amides is 1. The quantitative estimate of drug-likeness (QED) is 0.222. The fourth-order valence-corrected chi connectivity index (χ4v) is 5.35. The number of carbonyl (C=O) groups is 2. The third-order valence-electron chi connectivity index (χ3n) is 7.39. The summed E-state index contributed by atoms with van der Waals surface area (Å²) in [6.45, 7) is 0. The number of carboxylic acids is 1. The average Bonchev–Trinajstić information content (AvgIpc) is 3.36. The van der Waals surface area contributed by atoms with Crippen LogP contribution in [0.5, 0.6) is 23.0 Å². The lowest BCUT2D eigenvalue weighted by atomic mass is 9.94. The van der Waals surface area contributed by atoms with Crippen LogP contribution in [-0.2, 0) is 4.79 Å². The van der Waals surface area contributed by atoms with Crippen molar-refractivity contribution in [3.05, 3.63) is 65.7 Å². The number of nitrogens with zero attached hydrogens (tertiary/aromatic N) is 2. The number of fused-ring (bicyclic) bond motifs is 1. The molecule has 1 fully saturated rings. The van der Waals surface area contributed by atoms with E-state index in [9.17, 15) is 24.9 Å². The van der Waals surface area contributed by atoms with E-state index < -0.39 is 17.9 Å². The first-order valence-electron chi connectivity index (χ1n) is 13.1. The van der Waals surface area contributed by atoms with Crippen molar-refractivity contribution in [3.8, 4) is 34.4 Å². The van der Waals surface area contributed by atoms with Crippen LogP contribution in [0.15, 0.2) is 54.6 Å². The molecule has 1 aliphatic carbocycles. The predicted molar refractivity (Wildman–Crippen MR) is 148 cm³/mol. The maximum atomic E-state index is 13.3. The Bertz CT molecular complexity index is 1570. The van der Waals surface area contributed by atoms with Crippen molar-refractivity contribution in [2.75, 3.05) is 14.2 Å². The minimum Gasteiger partial charge on any atom is -0.504 e. The van der Waals surface area contributed by atoms with Crippen LogP contribution in [0.3, 0.4) is 0 Å². The summed E-state index contributed by atoms with van der Waals surface area (Å²) in [6, 6.07) is 13.3. The van der Waals surface area contributed by atoms with Crippen molar-refractivity contribution in [2.45, 2.75) is 44.2 Å². The zero-order valence-corrected chi connectivity index (χ0v) is 22.3. The first kappa shape index (κ1) is 26.9. The van der Waals surface area contributed by atoms with Gasteiger partial charge in [0, 0.05) is 17.2 Å². The van der Waals surface area contributed by atoms with Crippen LogP contribution < -0.4 is 14.8 Å². The molecule has 0 bridgehead atoms. The van der Waals surface area contributed by atoms with Gasteiger partial charge in [-0.05, 0) is 66.9 Å². The molecule has 10 nitrogen and oxygen atoms in total. The number of aliphatic carboxylic acids is 1. The lowest BCUT2D eigenvalue weighted by Gasteiger charge is -2.25. The van der Waals surface area contributed by atoms with Gasteiger partial charge in [-0.15, -0.1) is 0 Å². The first-order chi connectivity index (χ1) is 19.3. The van der Waals surface area contributed by atoms with Crippen molar-refractivity contribution in [3.63, 3.8) is 0 Å². The summed E-state index contributed by atoms with van der Waals surface area (Å²) >= 11 is 0. The van der Waals surface area contributed by atoms with Gasteiger partial charge in [0.1, 0.15) is 5.82 Å². The molecule has 1 aliphatic rings. The minimum absolute atomic E-state index is 0.200. The summed E-state index contributed by atoms with van der Waals surface area (Å²) in [4.78, 5) is 30.2. The Labute approximate surface area is 230 Å². The van der Waals surface area contributed by atoms with E-state index in [4.69, 9.17) is 14.5 Å². The molecule has 5 rings (SSSR count). The third-order valence-corrected chi connectivity index (χ3v) is 7.39. The highest BCUT2D eigenvalue weighted by Crippen LogP contribution is 2.38. The second-order valence-electron chi connectivity index (χ2n) is 9.86. The number of hydrogen-bond donors (Lipinski definition) is 4. The molecule has 1 unspecified atom stereocenters. The van der Waals surface area contributed by atoms with Gasteiger partial charge in [-0.1, -0.05) is 25.3 Å². The Morgan fingerprint density at radius 1 is 0.925 bits per heavy atom. The molecule has 1 heterocycles. The summed E-state index contributed by atoms with van der Waals surface area (Å²) in [5.41, 5.74) is 2.63. The fourth-order valence-electron chi connectivity index (χ4n) is 5.35. The number of phenolic OH excluding ortho intramolecular Hbond substituents is 2. The predicted octanol–water partition coefficient (Wildman–Crippen LogP) is 5.19. The van der Waals surface area contributed by atoms with E-state index in [2.05, 4.69) is 9.88 Å². The van der Waals surface area contributed by atoms with E-state index in [0.29, 0.717) is 34.0 Å². The number of nitrogens with one attached hydrogen (secondary N) is 1. The highest BCUT2D eigenvalue weighted by atomic mass is 16.5. The topological polar surface area (TPSA) is 143 Å². The van der Waals surface area contributed by atoms with Crippen molar-refractivity contribution in [1.29, 1.82) is 0 Å². The monoisotopic (exact) mass is 545 g/mol. The van der Waals surface area contributed by atoms with Gasteiger partial charge in [-0.25, -0.2) is 9.78 Å². The molecule has 40 heavy (non-hydrogen) atoms. The van der Waals surface area contributed by atoms with Gasteiger partial charge in [0.25, 0.3) is 5.91 Å². The summed E-state index contributed by atoms with van der Waals surface area (Å²) in [7, 11) is 2.93. The molecule has 10 heteroatoms. The third kappa shape index (κ3) is 5.12. The van der Waals surface area contributed by atoms with Crippen LogP contribution in [0.2, 0.25) is 0 Å². The molecule has 0 spiro atoms. The van der Waals surface area contributed by atoms with Gasteiger partial charge >= 0.3 is 5.97 Å². The molecule has 1 saturated carbocycles. The maximum absolute atomic E-state index is 13.3. The molecule has 1 atom stereocenters. The highest BCUT2D eigenvalue weighted by molar-refractivity contribution is 5.99. The number of carbonyl (C=O) groups excluding carboxylic acids is 1. The van der Waals surface area contributed by atoms with E-state index in [1.165, 1.54) is 38.8 Å². The Balaban J connectivity index is 1.51. The van der Waals surface area contributed by atoms with Crippen molar-refractivity contribution in [2.24, 2.45) is 0 Å². The van der Waals surface area contributed by atoms with Crippen LogP contribution in [0.4, 0.5) is 0 Å². The SMILES string of the molecule is COc1ccc(C(NC(=O)c2ccc3c(c2)nc(-c2ccc(O)c(O)c2)n3C2CCCCC2)C(=O)O)cc1OC. The minimum atomic E-state index is -1.32. The zero-order chi connectivity index (χ0) is 28.4. The summed E-state index contributed by atoms with van der Waals surface area (Å²) in [5.74, 6) is -0.831.